The van der Waals surface area contributed by atoms with Gasteiger partial charge in [-0.3, -0.25) is 4.79 Å². The highest BCUT2D eigenvalue weighted by molar-refractivity contribution is 6.05. The number of nitrogens with zero attached hydrogens (tertiary/aromatic N) is 6. The van der Waals surface area contributed by atoms with E-state index in [1.165, 1.54) is 24.4 Å². The molecule has 12 nitrogen and oxygen atoms in total. The van der Waals surface area contributed by atoms with E-state index in [4.69, 9.17) is 14.6 Å². The first kappa shape index (κ1) is 36.0. The van der Waals surface area contributed by atoms with E-state index in [2.05, 4.69) is 38.4 Å². The number of hydrogen-bond acceptors (Lipinski definition) is 9. The van der Waals surface area contributed by atoms with Crippen LogP contribution in [0, 0.1) is 11.3 Å². The summed E-state index contributed by atoms with van der Waals surface area (Å²) in [5.41, 5.74) is 6.87. The van der Waals surface area contributed by atoms with Crippen molar-refractivity contribution in [2.24, 2.45) is 20.7 Å². The van der Waals surface area contributed by atoms with Crippen molar-refractivity contribution in [1.29, 1.82) is 5.26 Å². The third-order valence-electron chi connectivity index (χ3n) is 6.70. The van der Waals surface area contributed by atoms with Crippen molar-refractivity contribution in [2.45, 2.75) is 38.6 Å². The number of alkyl halides is 1. The summed E-state index contributed by atoms with van der Waals surface area (Å²) >= 11 is 0. The van der Waals surface area contributed by atoms with E-state index in [0.29, 0.717) is 24.4 Å². The van der Waals surface area contributed by atoms with Crippen LogP contribution in [-0.4, -0.2) is 111 Å². The number of piperidine rings is 1. The fourth-order valence-corrected chi connectivity index (χ4v) is 4.54. The molecule has 44 heavy (non-hydrogen) atoms. The second kappa shape index (κ2) is 19.1. The number of carbonyl (C=O) groups is 1. The first-order valence-corrected chi connectivity index (χ1v) is 14.4. The summed E-state index contributed by atoms with van der Waals surface area (Å²) in [6.45, 7) is 8.86. The quantitative estimate of drug-likeness (QED) is 0.302. The fraction of sp³-hybridized carbons (Fsp3) is 0.452. The van der Waals surface area contributed by atoms with Crippen LogP contribution in [0.15, 0.2) is 57.4 Å². The van der Waals surface area contributed by atoms with Crippen molar-refractivity contribution < 1.29 is 28.9 Å². The lowest BCUT2D eigenvalue weighted by Gasteiger charge is -2.34. The molecule has 13 heteroatoms. The van der Waals surface area contributed by atoms with Gasteiger partial charge in [-0.1, -0.05) is 13.8 Å². The van der Waals surface area contributed by atoms with Crippen molar-refractivity contribution in [3.63, 3.8) is 0 Å². The van der Waals surface area contributed by atoms with Gasteiger partial charge in [0.1, 0.15) is 30.9 Å². The van der Waals surface area contributed by atoms with Gasteiger partial charge in [0.2, 0.25) is 5.91 Å². The van der Waals surface area contributed by atoms with Crippen LogP contribution in [0.5, 0.6) is 5.75 Å². The number of rotatable bonds is 8. The van der Waals surface area contributed by atoms with Crippen LogP contribution < -0.4 is 15.4 Å². The molecule has 2 fully saturated rings. The summed E-state index contributed by atoms with van der Waals surface area (Å²) < 4.78 is 25.9. The number of amidine groups is 1. The average Bonchev–Trinajstić information content (AvgIpc) is 3.09. The second-order valence-corrected chi connectivity index (χ2v) is 9.27. The third kappa shape index (κ3) is 9.92. The Balaban J connectivity index is 0.00000162. The zero-order valence-corrected chi connectivity index (χ0v) is 25.5. The molecule has 2 aliphatic heterocycles. The molecule has 0 spiro atoms. The number of ether oxygens (including phenoxy) is 2. The Bertz CT molecular complexity index is 1300. The number of nitrogens with two attached hydrogens (primary N) is 1. The van der Waals surface area contributed by atoms with Gasteiger partial charge in [-0.15, -0.1) is 0 Å². The molecule has 2 saturated heterocycles. The molecule has 0 aromatic heterocycles. The van der Waals surface area contributed by atoms with Crippen molar-refractivity contribution >= 4 is 36.2 Å². The largest absolute Gasteiger partial charge is 0.486 e. The Kier molecular flexibility index (Phi) is 15.6. The lowest BCUT2D eigenvalue weighted by Crippen LogP contribution is -2.50. The number of nitriles is 1. The zero-order valence-electron chi connectivity index (χ0n) is 25.5. The number of halogens is 1. The van der Waals surface area contributed by atoms with Crippen molar-refractivity contribution in [1.82, 2.24) is 4.90 Å². The van der Waals surface area contributed by atoms with Gasteiger partial charge >= 0.3 is 0 Å². The van der Waals surface area contributed by atoms with Gasteiger partial charge in [0.25, 0.3) is 0 Å². The number of aliphatic hydroxyl groups is 2. The number of aliphatic imine (C=N–C) groups is 3. The maximum atomic E-state index is 14.6. The molecule has 0 saturated carbocycles. The Morgan fingerprint density at radius 2 is 1.93 bits per heavy atom. The number of benzene rings is 2. The predicted molar refractivity (Wildman–Crippen MR) is 170 cm³/mol. The molecule has 2 aromatic carbocycles. The van der Waals surface area contributed by atoms with Crippen LogP contribution in [0.3, 0.4) is 0 Å². The molecule has 2 unspecified atom stereocenters. The molecule has 4 N–H and O–H groups in total. The monoisotopic (exact) mass is 611 g/mol. The number of likely N-dealkylation sites (tertiary alicyclic amines) is 1. The van der Waals surface area contributed by atoms with E-state index in [0.717, 1.165) is 12.2 Å². The molecule has 2 aromatic rings. The van der Waals surface area contributed by atoms with Crippen LogP contribution in [0.25, 0.3) is 0 Å². The van der Waals surface area contributed by atoms with E-state index in [-0.39, 0.29) is 49.4 Å². The van der Waals surface area contributed by atoms with E-state index in [1.54, 1.807) is 12.1 Å². The Morgan fingerprint density at radius 1 is 1.20 bits per heavy atom. The molecule has 2 heterocycles. The Hall–Kier alpha value is -4.22. The first-order valence-electron chi connectivity index (χ1n) is 14.4. The van der Waals surface area contributed by atoms with E-state index >= 15 is 0 Å². The van der Waals surface area contributed by atoms with Crippen molar-refractivity contribution in [2.75, 3.05) is 57.9 Å². The molecule has 1 amide bonds. The standard InChI is InChI=1S/C28H31FN6O5.C2H6.CH5N/c1-31-28(33-18-32-21-3-5-22(6-4-21)34-10-11-39-23(14-34)16-36)19-2-7-25(20(12-19)13-30)40-26-8-9-35(15-24(26)29)27(38)17-37;2*1-2/h2-7,12,18,23-24,26,36-37H,1,8-11,14-17H2;1-2H3;2H2,1H3/t23?,24-,26?;;/m1../s1. The van der Waals surface area contributed by atoms with Gasteiger partial charge in [0, 0.05) is 37.3 Å². The van der Waals surface area contributed by atoms with Gasteiger partial charge < -0.3 is 35.2 Å². The van der Waals surface area contributed by atoms with E-state index < -0.39 is 24.8 Å². The number of amides is 1. The van der Waals surface area contributed by atoms with E-state index in [1.807, 2.05) is 38.1 Å². The van der Waals surface area contributed by atoms with E-state index in [9.17, 15) is 19.6 Å². The molecule has 0 aliphatic carbocycles. The smallest absolute Gasteiger partial charge is 0.248 e. The highest BCUT2D eigenvalue weighted by Crippen LogP contribution is 2.26. The molecule has 0 bridgehead atoms. The minimum absolute atomic E-state index is 0.0189. The summed E-state index contributed by atoms with van der Waals surface area (Å²) in [7, 11) is 1.50. The number of aliphatic hydroxyl groups excluding tert-OH is 2. The number of hydrogen-bond donors (Lipinski definition) is 3. The highest BCUT2D eigenvalue weighted by Gasteiger charge is 2.33. The number of anilines is 1. The molecule has 4 rings (SSSR count). The lowest BCUT2D eigenvalue weighted by molar-refractivity contribution is -0.138. The molecule has 3 atom stereocenters. The highest BCUT2D eigenvalue weighted by atomic mass is 19.1. The average molecular weight is 612 g/mol. The summed E-state index contributed by atoms with van der Waals surface area (Å²) in [6, 6.07) is 14.4. The van der Waals surface area contributed by atoms with Gasteiger partial charge in [0.15, 0.2) is 12.0 Å². The van der Waals surface area contributed by atoms with Crippen LogP contribution in [0.1, 0.15) is 31.4 Å². The van der Waals surface area contributed by atoms with Crippen LogP contribution >= 0.6 is 0 Å². The second-order valence-electron chi connectivity index (χ2n) is 9.27. The maximum absolute atomic E-state index is 14.6. The molecule has 238 valence electrons. The third-order valence-corrected chi connectivity index (χ3v) is 6.70. The van der Waals surface area contributed by atoms with Gasteiger partial charge in [0.05, 0.1) is 37.1 Å². The van der Waals surface area contributed by atoms with Crippen molar-refractivity contribution in [3.05, 3.63) is 53.6 Å². The molecule has 0 radical (unpaired) electrons. The normalized spacial score (nSPS) is 20.0. The minimum atomic E-state index is -1.46. The van der Waals surface area contributed by atoms with Gasteiger partial charge in [-0.25, -0.2) is 19.4 Å². The molecular formula is C31H42FN7O5. The Labute approximate surface area is 258 Å². The van der Waals surface area contributed by atoms with Crippen LogP contribution in [0.2, 0.25) is 0 Å². The summed E-state index contributed by atoms with van der Waals surface area (Å²) in [4.78, 5) is 27.6. The summed E-state index contributed by atoms with van der Waals surface area (Å²) in [5, 5.41) is 28.0. The van der Waals surface area contributed by atoms with Gasteiger partial charge in [-0.2, -0.15) is 5.26 Å². The molecule has 2 aliphatic rings. The Morgan fingerprint density at radius 3 is 2.55 bits per heavy atom. The van der Waals surface area contributed by atoms with Crippen LogP contribution in [-0.2, 0) is 9.53 Å². The first-order chi connectivity index (χ1) is 21.4. The van der Waals surface area contributed by atoms with Crippen LogP contribution in [0.4, 0.5) is 15.8 Å². The predicted octanol–water partition coefficient (Wildman–Crippen LogP) is 2.47. The topological polar surface area (TPSA) is 169 Å². The number of carbonyl (C=O) groups excluding carboxylic acids is 1. The number of morpholine rings is 1. The zero-order chi connectivity index (χ0) is 32.5. The van der Waals surface area contributed by atoms with Gasteiger partial charge in [-0.05, 0) is 56.2 Å². The fourth-order valence-electron chi connectivity index (χ4n) is 4.54. The lowest BCUT2D eigenvalue weighted by atomic mass is 10.0. The molecular weight excluding hydrogens is 569 g/mol. The minimum Gasteiger partial charge on any atom is -0.486 e. The summed E-state index contributed by atoms with van der Waals surface area (Å²) in [6.07, 6.45) is -0.909. The maximum Gasteiger partial charge on any atom is 0.248 e. The SMILES string of the molecule is C=NC(=NC=Nc1ccc(N2CCOC(CO)C2)cc1)c1ccc(OC2CCN(C(=O)CO)C[C@H]2F)c(C#N)c1.CC.CN. The van der Waals surface area contributed by atoms with Crippen molar-refractivity contribution in [3.8, 4) is 11.8 Å². The summed E-state index contributed by atoms with van der Waals surface area (Å²) in [5.74, 6) is -0.0769.